The largest absolute Gasteiger partial charge is 0.337 e. The van der Waals surface area contributed by atoms with Crippen LogP contribution in [0.2, 0.25) is 5.28 Å². The Bertz CT molecular complexity index is 804. The summed E-state index contributed by atoms with van der Waals surface area (Å²) in [6.07, 6.45) is 0. The standard InChI is InChI=1S/C13H8ClF2N3S/c1-6-4-9(16)10(5-8(6)15)17-11-7-2-3-20-12(7)19-13(14)18-11/h2-5H,1H3,(H,17,18,19). The molecule has 0 aliphatic heterocycles. The lowest BCUT2D eigenvalue weighted by molar-refractivity contribution is 0.595. The Kier molecular flexibility index (Phi) is 3.27. The van der Waals surface area contributed by atoms with Gasteiger partial charge >= 0.3 is 0 Å². The summed E-state index contributed by atoms with van der Waals surface area (Å²) in [5.41, 5.74) is 0.254. The van der Waals surface area contributed by atoms with Crippen LogP contribution in [-0.4, -0.2) is 9.97 Å². The highest BCUT2D eigenvalue weighted by molar-refractivity contribution is 7.16. The highest BCUT2D eigenvalue weighted by Gasteiger charge is 2.12. The molecule has 0 saturated heterocycles. The van der Waals surface area contributed by atoms with Crippen LogP contribution in [0.15, 0.2) is 23.6 Å². The van der Waals surface area contributed by atoms with Crippen LogP contribution in [0.4, 0.5) is 20.3 Å². The third-order valence-corrected chi connectivity index (χ3v) is 3.77. The summed E-state index contributed by atoms with van der Waals surface area (Å²) in [5.74, 6) is -0.693. The van der Waals surface area contributed by atoms with Crippen molar-refractivity contribution in [2.75, 3.05) is 5.32 Å². The van der Waals surface area contributed by atoms with Gasteiger partial charge in [-0.25, -0.2) is 13.8 Å². The molecule has 0 atom stereocenters. The van der Waals surface area contributed by atoms with Crippen molar-refractivity contribution in [2.45, 2.75) is 6.92 Å². The first kappa shape index (κ1) is 13.2. The minimum absolute atomic E-state index is 0.00960. The number of rotatable bonds is 2. The van der Waals surface area contributed by atoms with Gasteiger partial charge in [-0.15, -0.1) is 11.3 Å². The van der Waals surface area contributed by atoms with Gasteiger partial charge in [-0.3, -0.25) is 0 Å². The Morgan fingerprint density at radius 3 is 2.80 bits per heavy atom. The van der Waals surface area contributed by atoms with Gasteiger partial charge in [-0.05, 0) is 41.6 Å². The number of thiophene rings is 1. The van der Waals surface area contributed by atoms with Gasteiger partial charge in [-0.1, -0.05) is 0 Å². The Morgan fingerprint density at radius 2 is 2.00 bits per heavy atom. The van der Waals surface area contributed by atoms with Gasteiger partial charge in [0.15, 0.2) is 0 Å². The van der Waals surface area contributed by atoms with Crippen molar-refractivity contribution < 1.29 is 8.78 Å². The van der Waals surface area contributed by atoms with Crippen LogP contribution < -0.4 is 5.32 Å². The molecule has 0 radical (unpaired) electrons. The van der Waals surface area contributed by atoms with Gasteiger partial charge < -0.3 is 5.32 Å². The summed E-state index contributed by atoms with van der Waals surface area (Å²) in [7, 11) is 0. The molecule has 7 heteroatoms. The molecular weight excluding hydrogens is 304 g/mol. The van der Waals surface area contributed by atoms with Crippen LogP contribution in [0.5, 0.6) is 0 Å². The number of fused-ring (bicyclic) bond motifs is 1. The molecular formula is C13H8ClF2N3S. The molecule has 3 rings (SSSR count). The van der Waals surface area contributed by atoms with Crippen molar-refractivity contribution in [2.24, 2.45) is 0 Å². The molecule has 20 heavy (non-hydrogen) atoms. The third kappa shape index (κ3) is 2.32. The topological polar surface area (TPSA) is 37.8 Å². The molecule has 0 unspecified atom stereocenters. The zero-order valence-corrected chi connectivity index (χ0v) is 11.8. The minimum atomic E-state index is -0.554. The summed E-state index contributed by atoms with van der Waals surface area (Å²) in [4.78, 5) is 8.76. The predicted octanol–water partition coefficient (Wildman–Crippen LogP) is 4.67. The smallest absolute Gasteiger partial charge is 0.225 e. The fourth-order valence-corrected chi connectivity index (χ4v) is 2.78. The number of nitrogens with one attached hydrogen (secondary N) is 1. The van der Waals surface area contributed by atoms with Gasteiger partial charge in [-0.2, -0.15) is 4.98 Å². The fourth-order valence-electron chi connectivity index (χ4n) is 1.79. The van der Waals surface area contributed by atoms with E-state index in [1.165, 1.54) is 18.3 Å². The van der Waals surface area contributed by atoms with Crippen molar-refractivity contribution in [3.63, 3.8) is 0 Å². The molecule has 1 aromatic carbocycles. The second-order valence-electron chi connectivity index (χ2n) is 4.19. The summed E-state index contributed by atoms with van der Waals surface area (Å²) in [6.45, 7) is 1.50. The van der Waals surface area contributed by atoms with E-state index in [0.29, 0.717) is 16.0 Å². The van der Waals surface area contributed by atoms with E-state index >= 15 is 0 Å². The van der Waals surface area contributed by atoms with E-state index in [9.17, 15) is 8.78 Å². The van der Waals surface area contributed by atoms with E-state index < -0.39 is 11.6 Å². The first-order chi connectivity index (χ1) is 9.54. The van der Waals surface area contributed by atoms with E-state index in [-0.39, 0.29) is 16.5 Å². The highest BCUT2D eigenvalue weighted by Crippen LogP contribution is 2.30. The average Bonchev–Trinajstić information content (AvgIpc) is 2.84. The number of hydrogen-bond acceptors (Lipinski definition) is 4. The molecule has 0 amide bonds. The Labute approximate surface area is 122 Å². The van der Waals surface area contributed by atoms with Crippen LogP contribution in [0.25, 0.3) is 10.2 Å². The molecule has 0 aliphatic rings. The van der Waals surface area contributed by atoms with Gasteiger partial charge in [0.25, 0.3) is 0 Å². The summed E-state index contributed by atoms with van der Waals surface area (Å²) >= 11 is 7.21. The average molecular weight is 312 g/mol. The molecule has 0 spiro atoms. The van der Waals surface area contributed by atoms with Gasteiger partial charge in [0.2, 0.25) is 5.28 Å². The number of halogens is 3. The third-order valence-electron chi connectivity index (χ3n) is 2.80. The summed E-state index contributed by atoms with van der Waals surface area (Å²) in [5, 5.41) is 5.35. The lowest BCUT2D eigenvalue weighted by Gasteiger charge is -2.09. The number of hydrogen-bond donors (Lipinski definition) is 1. The number of anilines is 2. The van der Waals surface area contributed by atoms with Crippen molar-refractivity contribution in [3.05, 3.63) is 46.1 Å². The van der Waals surface area contributed by atoms with Crippen molar-refractivity contribution in [1.82, 2.24) is 9.97 Å². The summed E-state index contributed by atoms with van der Waals surface area (Å²) < 4.78 is 27.4. The van der Waals surface area contributed by atoms with Crippen molar-refractivity contribution in [1.29, 1.82) is 0 Å². The molecule has 1 N–H and O–H groups in total. The first-order valence-corrected chi connectivity index (χ1v) is 6.94. The SMILES string of the molecule is Cc1cc(F)c(Nc2nc(Cl)nc3sccc23)cc1F. The number of benzene rings is 1. The normalized spacial score (nSPS) is 11.0. The van der Waals surface area contributed by atoms with Gasteiger partial charge in [0.1, 0.15) is 22.3 Å². The molecule has 2 heterocycles. The molecule has 3 nitrogen and oxygen atoms in total. The second-order valence-corrected chi connectivity index (χ2v) is 5.42. The highest BCUT2D eigenvalue weighted by atomic mass is 35.5. The fraction of sp³-hybridized carbons (Fsp3) is 0.0769. The van der Waals surface area contributed by atoms with Gasteiger partial charge in [0, 0.05) is 6.07 Å². The lowest BCUT2D eigenvalue weighted by atomic mass is 10.2. The maximum absolute atomic E-state index is 13.8. The van der Waals surface area contributed by atoms with E-state index in [1.807, 2.05) is 5.38 Å². The van der Waals surface area contributed by atoms with Crippen molar-refractivity contribution >= 4 is 44.7 Å². The van der Waals surface area contributed by atoms with Crippen molar-refractivity contribution in [3.8, 4) is 0 Å². The van der Waals surface area contributed by atoms with Crippen LogP contribution in [0.1, 0.15) is 5.56 Å². The molecule has 2 aromatic heterocycles. The van der Waals surface area contributed by atoms with Crippen LogP contribution >= 0.6 is 22.9 Å². The molecule has 0 aliphatic carbocycles. The Hall–Kier alpha value is -1.79. The van der Waals surface area contributed by atoms with E-state index in [0.717, 1.165) is 12.1 Å². The first-order valence-electron chi connectivity index (χ1n) is 5.68. The van der Waals surface area contributed by atoms with Crippen LogP contribution in [-0.2, 0) is 0 Å². The van der Waals surface area contributed by atoms with E-state index in [4.69, 9.17) is 11.6 Å². The number of nitrogens with zero attached hydrogens (tertiary/aromatic N) is 2. The quantitative estimate of drug-likeness (QED) is 0.699. The molecule has 102 valence electrons. The number of aryl methyl sites for hydroxylation is 1. The zero-order chi connectivity index (χ0) is 14.3. The zero-order valence-electron chi connectivity index (χ0n) is 10.2. The Morgan fingerprint density at radius 1 is 1.20 bits per heavy atom. The lowest BCUT2D eigenvalue weighted by Crippen LogP contribution is -2.00. The van der Waals surface area contributed by atoms with E-state index in [1.54, 1.807) is 6.07 Å². The monoisotopic (exact) mass is 311 g/mol. The maximum atomic E-state index is 13.8. The van der Waals surface area contributed by atoms with Crippen LogP contribution in [0.3, 0.4) is 0 Å². The van der Waals surface area contributed by atoms with Crippen LogP contribution in [0, 0.1) is 18.6 Å². The molecule has 3 aromatic rings. The minimum Gasteiger partial charge on any atom is -0.337 e. The Balaban J connectivity index is 2.09. The predicted molar refractivity (Wildman–Crippen MR) is 76.8 cm³/mol. The van der Waals surface area contributed by atoms with E-state index in [2.05, 4.69) is 15.3 Å². The molecule has 0 fully saturated rings. The number of aromatic nitrogens is 2. The maximum Gasteiger partial charge on any atom is 0.225 e. The second kappa shape index (κ2) is 4.96. The molecule has 0 bridgehead atoms. The molecule has 0 saturated carbocycles. The van der Waals surface area contributed by atoms with Gasteiger partial charge in [0.05, 0.1) is 11.1 Å². The summed E-state index contributed by atoms with van der Waals surface area (Å²) in [6, 6.07) is 4.02.